The largest absolute Gasteiger partial charge is 0.492 e. The van der Waals surface area contributed by atoms with E-state index in [9.17, 15) is 18.0 Å². The van der Waals surface area contributed by atoms with Gasteiger partial charge < -0.3 is 10.1 Å². The second kappa shape index (κ2) is 10.1. The minimum absolute atomic E-state index is 0.186. The number of benzene rings is 2. The summed E-state index contributed by atoms with van der Waals surface area (Å²) in [6, 6.07) is 13.9. The van der Waals surface area contributed by atoms with E-state index in [1.165, 1.54) is 18.6 Å². The standard InChI is InChI=1S/C21H26N2O5S/c1-4-17-8-10-20(11-9-17)28-13-12-22-21(25)15-23(29(3,26)27)19-7-5-6-18(14-19)16(2)24/h5-11,14H,4,12-13,15H2,1-3H3,(H,22,25). The van der Waals surface area contributed by atoms with Gasteiger partial charge in [0.2, 0.25) is 15.9 Å². The first-order valence-electron chi connectivity index (χ1n) is 9.28. The summed E-state index contributed by atoms with van der Waals surface area (Å²) in [5, 5.41) is 2.65. The van der Waals surface area contributed by atoms with Crippen molar-refractivity contribution in [1.82, 2.24) is 5.32 Å². The van der Waals surface area contributed by atoms with Gasteiger partial charge in [0.05, 0.1) is 18.5 Å². The zero-order valence-corrected chi connectivity index (χ0v) is 17.7. The molecule has 2 aromatic rings. The van der Waals surface area contributed by atoms with Crippen molar-refractivity contribution in [2.75, 3.05) is 30.3 Å². The molecule has 2 aromatic carbocycles. The van der Waals surface area contributed by atoms with Gasteiger partial charge in [0.25, 0.3) is 0 Å². The smallest absolute Gasteiger partial charge is 0.240 e. The van der Waals surface area contributed by atoms with E-state index in [0.717, 1.165) is 17.0 Å². The van der Waals surface area contributed by atoms with Crippen LogP contribution in [0.25, 0.3) is 0 Å². The molecule has 7 nitrogen and oxygen atoms in total. The minimum Gasteiger partial charge on any atom is -0.492 e. The van der Waals surface area contributed by atoms with Crippen molar-refractivity contribution in [3.63, 3.8) is 0 Å². The minimum atomic E-state index is -3.71. The van der Waals surface area contributed by atoms with Gasteiger partial charge in [0.15, 0.2) is 5.78 Å². The van der Waals surface area contributed by atoms with Gasteiger partial charge in [0, 0.05) is 5.56 Å². The summed E-state index contributed by atoms with van der Waals surface area (Å²) >= 11 is 0. The van der Waals surface area contributed by atoms with Crippen LogP contribution in [0.4, 0.5) is 5.69 Å². The van der Waals surface area contributed by atoms with Gasteiger partial charge in [-0.1, -0.05) is 31.2 Å². The number of carbonyl (C=O) groups excluding carboxylic acids is 2. The molecular formula is C21H26N2O5S. The quantitative estimate of drug-likeness (QED) is 0.472. The summed E-state index contributed by atoms with van der Waals surface area (Å²) in [5.74, 6) is 0.0534. The topological polar surface area (TPSA) is 92.8 Å². The molecule has 0 heterocycles. The van der Waals surface area contributed by atoms with E-state index in [4.69, 9.17) is 4.74 Å². The Labute approximate surface area is 171 Å². The van der Waals surface area contributed by atoms with Crippen LogP contribution in [0.1, 0.15) is 29.8 Å². The number of nitrogens with zero attached hydrogens (tertiary/aromatic N) is 1. The van der Waals surface area contributed by atoms with Gasteiger partial charge in [-0.15, -0.1) is 0 Å². The normalized spacial score (nSPS) is 11.0. The van der Waals surface area contributed by atoms with Crippen molar-refractivity contribution in [2.45, 2.75) is 20.3 Å². The molecule has 0 aliphatic heterocycles. The fourth-order valence-corrected chi connectivity index (χ4v) is 3.50. The SMILES string of the molecule is CCc1ccc(OCCNC(=O)CN(c2cccc(C(C)=O)c2)S(C)(=O)=O)cc1. The number of hydrogen-bond donors (Lipinski definition) is 1. The lowest BCUT2D eigenvalue weighted by Crippen LogP contribution is -2.41. The molecule has 0 radical (unpaired) electrons. The number of amides is 1. The Hall–Kier alpha value is -2.87. The zero-order chi connectivity index (χ0) is 21.4. The van der Waals surface area contributed by atoms with E-state index in [2.05, 4.69) is 12.2 Å². The maximum absolute atomic E-state index is 12.2. The number of aryl methyl sites for hydroxylation is 1. The lowest BCUT2D eigenvalue weighted by atomic mass is 10.1. The molecule has 0 saturated heterocycles. The number of carbonyl (C=O) groups is 2. The van der Waals surface area contributed by atoms with Crippen LogP contribution < -0.4 is 14.4 Å². The lowest BCUT2D eigenvalue weighted by molar-refractivity contribution is -0.119. The zero-order valence-electron chi connectivity index (χ0n) is 16.8. The molecule has 0 spiro atoms. The van der Waals surface area contributed by atoms with Crippen molar-refractivity contribution in [2.24, 2.45) is 0 Å². The molecule has 0 saturated carbocycles. The Kier molecular flexibility index (Phi) is 7.78. The lowest BCUT2D eigenvalue weighted by Gasteiger charge is -2.22. The summed E-state index contributed by atoms with van der Waals surface area (Å²) in [6.07, 6.45) is 1.96. The van der Waals surface area contributed by atoms with E-state index < -0.39 is 15.9 Å². The van der Waals surface area contributed by atoms with Crippen LogP contribution in [0.15, 0.2) is 48.5 Å². The molecule has 8 heteroatoms. The van der Waals surface area contributed by atoms with Gasteiger partial charge in [-0.3, -0.25) is 13.9 Å². The molecule has 29 heavy (non-hydrogen) atoms. The molecule has 0 unspecified atom stereocenters. The van der Waals surface area contributed by atoms with E-state index in [-0.39, 0.29) is 31.2 Å². The summed E-state index contributed by atoms with van der Waals surface area (Å²) < 4.78 is 30.8. The van der Waals surface area contributed by atoms with Crippen LogP contribution in [0.2, 0.25) is 0 Å². The van der Waals surface area contributed by atoms with Crippen molar-refractivity contribution >= 4 is 27.4 Å². The monoisotopic (exact) mass is 418 g/mol. The van der Waals surface area contributed by atoms with Crippen molar-refractivity contribution in [3.05, 3.63) is 59.7 Å². The first-order chi connectivity index (χ1) is 13.7. The average Bonchev–Trinajstić information content (AvgIpc) is 2.69. The molecule has 0 bridgehead atoms. The highest BCUT2D eigenvalue weighted by Gasteiger charge is 2.21. The van der Waals surface area contributed by atoms with Gasteiger partial charge in [-0.25, -0.2) is 8.42 Å². The van der Waals surface area contributed by atoms with Crippen LogP contribution in [0.5, 0.6) is 5.75 Å². The molecule has 1 N–H and O–H groups in total. The number of anilines is 1. The molecular weight excluding hydrogens is 392 g/mol. The molecule has 0 fully saturated rings. The number of hydrogen-bond acceptors (Lipinski definition) is 5. The number of ketones is 1. The number of ether oxygens (including phenoxy) is 1. The molecule has 2 rings (SSSR count). The molecule has 0 aliphatic carbocycles. The number of rotatable bonds is 10. The number of sulfonamides is 1. The highest BCUT2D eigenvalue weighted by molar-refractivity contribution is 7.92. The third kappa shape index (κ3) is 6.90. The summed E-state index contributed by atoms with van der Waals surface area (Å²) in [5.41, 5.74) is 1.85. The van der Waals surface area contributed by atoms with Crippen molar-refractivity contribution in [3.8, 4) is 5.75 Å². The van der Waals surface area contributed by atoms with Crippen LogP contribution in [-0.4, -0.2) is 46.1 Å². The fourth-order valence-electron chi connectivity index (χ4n) is 2.65. The third-order valence-electron chi connectivity index (χ3n) is 4.25. The molecule has 0 aliphatic rings. The van der Waals surface area contributed by atoms with Crippen molar-refractivity contribution < 1.29 is 22.7 Å². The first kappa shape index (κ1) is 22.4. The molecule has 156 valence electrons. The van der Waals surface area contributed by atoms with E-state index in [1.54, 1.807) is 18.2 Å². The third-order valence-corrected chi connectivity index (χ3v) is 5.39. The summed E-state index contributed by atoms with van der Waals surface area (Å²) in [7, 11) is -3.71. The van der Waals surface area contributed by atoms with Crippen LogP contribution in [-0.2, 0) is 21.2 Å². The Morgan fingerprint density at radius 2 is 1.79 bits per heavy atom. The summed E-state index contributed by atoms with van der Waals surface area (Å²) in [6.45, 7) is 3.58. The maximum atomic E-state index is 12.2. The highest BCUT2D eigenvalue weighted by atomic mass is 32.2. The van der Waals surface area contributed by atoms with Gasteiger partial charge in [-0.05, 0) is 43.2 Å². The second-order valence-corrected chi connectivity index (χ2v) is 8.48. The molecule has 0 aromatic heterocycles. The second-order valence-electron chi connectivity index (χ2n) is 6.57. The maximum Gasteiger partial charge on any atom is 0.240 e. The average molecular weight is 419 g/mol. The van der Waals surface area contributed by atoms with Crippen molar-refractivity contribution in [1.29, 1.82) is 0 Å². The Bertz CT molecular complexity index is 955. The fraction of sp³-hybridized carbons (Fsp3) is 0.333. The highest BCUT2D eigenvalue weighted by Crippen LogP contribution is 2.19. The summed E-state index contributed by atoms with van der Waals surface area (Å²) in [4.78, 5) is 23.8. The predicted molar refractivity (Wildman–Crippen MR) is 113 cm³/mol. The molecule has 1 amide bonds. The Morgan fingerprint density at radius 1 is 1.10 bits per heavy atom. The Balaban J connectivity index is 1.93. The Morgan fingerprint density at radius 3 is 2.38 bits per heavy atom. The van der Waals surface area contributed by atoms with Gasteiger partial charge in [-0.2, -0.15) is 0 Å². The van der Waals surface area contributed by atoms with Crippen LogP contribution in [0, 0.1) is 0 Å². The number of Topliss-reactive ketones (excluding diaryl/α,β-unsaturated/α-hetero) is 1. The van der Waals surface area contributed by atoms with Gasteiger partial charge in [0.1, 0.15) is 18.9 Å². The van der Waals surface area contributed by atoms with Crippen LogP contribution in [0.3, 0.4) is 0 Å². The van der Waals surface area contributed by atoms with E-state index >= 15 is 0 Å². The van der Waals surface area contributed by atoms with Crippen LogP contribution >= 0.6 is 0 Å². The van der Waals surface area contributed by atoms with E-state index in [1.807, 2.05) is 24.3 Å². The predicted octanol–water partition coefficient (Wildman–Crippen LogP) is 2.41. The molecule has 0 atom stereocenters. The van der Waals surface area contributed by atoms with E-state index in [0.29, 0.717) is 11.3 Å². The number of nitrogens with one attached hydrogen (secondary N) is 1. The van der Waals surface area contributed by atoms with Gasteiger partial charge >= 0.3 is 0 Å². The first-order valence-corrected chi connectivity index (χ1v) is 11.1.